The van der Waals surface area contributed by atoms with Gasteiger partial charge in [0.2, 0.25) is 0 Å². The molecule has 0 aliphatic carbocycles. The minimum absolute atomic E-state index is 0.179. The molecule has 1 N–H and O–H groups in total. The van der Waals surface area contributed by atoms with Crippen LogP contribution in [0.3, 0.4) is 0 Å². The van der Waals surface area contributed by atoms with Crippen molar-refractivity contribution in [3.8, 4) is 0 Å². The van der Waals surface area contributed by atoms with Crippen LogP contribution in [0.25, 0.3) is 0 Å². The lowest BCUT2D eigenvalue weighted by molar-refractivity contribution is 0.120. The summed E-state index contributed by atoms with van der Waals surface area (Å²) in [5.74, 6) is -0.179. The molecule has 1 aliphatic heterocycles. The van der Waals surface area contributed by atoms with E-state index in [4.69, 9.17) is 4.74 Å². The lowest BCUT2D eigenvalue weighted by Crippen LogP contribution is -2.36. The first-order valence-corrected chi connectivity index (χ1v) is 6.52. The number of allylic oxidation sites excluding steroid dienone is 1. The van der Waals surface area contributed by atoms with Crippen LogP contribution in [-0.4, -0.2) is 18.7 Å². The van der Waals surface area contributed by atoms with E-state index < -0.39 is 0 Å². The second-order valence-electron chi connectivity index (χ2n) is 4.85. The Labute approximate surface area is 108 Å². The molecule has 2 nitrogen and oxygen atoms in total. The van der Waals surface area contributed by atoms with Gasteiger partial charge in [0.25, 0.3) is 0 Å². The van der Waals surface area contributed by atoms with Crippen LogP contribution in [0.5, 0.6) is 0 Å². The Morgan fingerprint density at radius 1 is 1.39 bits per heavy atom. The average molecular weight is 249 g/mol. The topological polar surface area (TPSA) is 21.3 Å². The number of hydrogen-bond acceptors (Lipinski definition) is 2. The van der Waals surface area contributed by atoms with Gasteiger partial charge in [-0.05, 0) is 50.0 Å². The zero-order chi connectivity index (χ0) is 12.8. The van der Waals surface area contributed by atoms with Crippen LogP contribution in [0.2, 0.25) is 0 Å². The van der Waals surface area contributed by atoms with Gasteiger partial charge < -0.3 is 10.1 Å². The van der Waals surface area contributed by atoms with Crippen molar-refractivity contribution in [2.75, 3.05) is 6.54 Å². The first kappa shape index (κ1) is 13.1. The van der Waals surface area contributed by atoms with Crippen LogP contribution in [0.4, 0.5) is 4.39 Å². The number of ether oxygens (including phenoxy) is 1. The second kappa shape index (κ2) is 6.55. The molecule has 0 saturated carbocycles. The predicted molar refractivity (Wildman–Crippen MR) is 70.8 cm³/mol. The fourth-order valence-electron chi connectivity index (χ4n) is 2.11. The molecule has 0 aromatic heterocycles. The molecule has 1 aromatic rings. The van der Waals surface area contributed by atoms with E-state index in [0.29, 0.717) is 6.04 Å². The highest BCUT2D eigenvalue weighted by Crippen LogP contribution is 2.10. The average Bonchev–Trinajstić information content (AvgIpc) is 2.40. The standard InChI is InChI=1S/C15H20FNO/c1-12(10-13-5-7-14(16)8-6-13)17-11-15-4-2-3-9-18-15/h3,5-9,12,15,17H,2,4,10-11H2,1H3. The van der Waals surface area contributed by atoms with Gasteiger partial charge in [0, 0.05) is 12.6 Å². The third-order valence-corrected chi connectivity index (χ3v) is 3.17. The number of hydrogen-bond donors (Lipinski definition) is 1. The van der Waals surface area contributed by atoms with Crippen LogP contribution in [0, 0.1) is 5.82 Å². The SMILES string of the molecule is CC(Cc1ccc(F)cc1)NCC1CCC=CO1. The molecule has 18 heavy (non-hydrogen) atoms. The van der Waals surface area contributed by atoms with Crippen molar-refractivity contribution < 1.29 is 9.13 Å². The summed E-state index contributed by atoms with van der Waals surface area (Å²) in [6.07, 6.45) is 7.21. The quantitative estimate of drug-likeness (QED) is 0.866. The molecule has 98 valence electrons. The lowest BCUT2D eigenvalue weighted by atomic mass is 10.1. The van der Waals surface area contributed by atoms with Crippen LogP contribution in [-0.2, 0) is 11.2 Å². The molecular formula is C15H20FNO. The summed E-state index contributed by atoms with van der Waals surface area (Å²) in [4.78, 5) is 0. The summed E-state index contributed by atoms with van der Waals surface area (Å²) in [6.45, 7) is 3.01. The minimum Gasteiger partial charge on any atom is -0.497 e. The Bertz CT molecular complexity index is 388. The van der Waals surface area contributed by atoms with Crippen molar-refractivity contribution in [3.05, 3.63) is 48.0 Å². The molecule has 2 unspecified atom stereocenters. The van der Waals surface area contributed by atoms with Crippen molar-refractivity contribution >= 4 is 0 Å². The first-order chi connectivity index (χ1) is 8.74. The smallest absolute Gasteiger partial charge is 0.123 e. The Balaban J connectivity index is 1.73. The van der Waals surface area contributed by atoms with E-state index in [1.807, 2.05) is 12.1 Å². The Hall–Kier alpha value is -1.35. The molecule has 1 aromatic carbocycles. The molecule has 1 aliphatic rings. The van der Waals surface area contributed by atoms with Gasteiger partial charge in [-0.15, -0.1) is 0 Å². The van der Waals surface area contributed by atoms with Crippen LogP contribution < -0.4 is 5.32 Å². The monoisotopic (exact) mass is 249 g/mol. The van der Waals surface area contributed by atoms with Gasteiger partial charge in [-0.1, -0.05) is 12.1 Å². The summed E-state index contributed by atoms with van der Waals surface area (Å²) in [6, 6.07) is 7.07. The maximum atomic E-state index is 12.8. The summed E-state index contributed by atoms with van der Waals surface area (Å²) < 4.78 is 18.3. The highest BCUT2D eigenvalue weighted by atomic mass is 19.1. The largest absolute Gasteiger partial charge is 0.497 e. The Morgan fingerprint density at radius 2 is 2.17 bits per heavy atom. The van der Waals surface area contributed by atoms with Gasteiger partial charge in [-0.2, -0.15) is 0 Å². The maximum Gasteiger partial charge on any atom is 0.123 e. The lowest BCUT2D eigenvalue weighted by Gasteiger charge is -2.22. The fourth-order valence-corrected chi connectivity index (χ4v) is 2.11. The van der Waals surface area contributed by atoms with Crippen molar-refractivity contribution in [3.63, 3.8) is 0 Å². The van der Waals surface area contributed by atoms with Crippen molar-refractivity contribution in [2.24, 2.45) is 0 Å². The van der Waals surface area contributed by atoms with E-state index in [-0.39, 0.29) is 11.9 Å². The molecular weight excluding hydrogens is 229 g/mol. The van der Waals surface area contributed by atoms with E-state index in [0.717, 1.165) is 31.4 Å². The van der Waals surface area contributed by atoms with E-state index in [9.17, 15) is 4.39 Å². The van der Waals surface area contributed by atoms with Gasteiger partial charge in [0.15, 0.2) is 0 Å². The fraction of sp³-hybridized carbons (Fsp3) is 0.467. The summed E-state index contributed by atoms with van der Waals surface area (Å²) in [5, 5.41) is 3.46. The van der Waals surface area contributed by atoms with E-state index in [2.05, 4.69) is 18.3 Å². The number of benzene rings is 1. The molecule has 2 rings (SSSR count). The third kappa shape index (κ3) is 4.15. The molecule has 0 fully saturated rings. The highest BCUT2D eigenvalue weighted by molar-refractivity contribution is 5.16. The third-order valence-electron chi connectivity index (χ3n) is 3.17. The van der Waals surface area contributed by atoms with Crippen molar-refractivity contribution in [1.82, 2.24) is 5.32 Å². The Morgan fingerprint density at radius 3 is 2.83 bits per heavy atom. The maximum absolute atomic E-state index is 12.8. The van der Waals surface area contributed by atoms with E-state index in [1.165, 1.54) is 12.1 Å². The van der Waals surface area contributed by atoms with Crippen molar-refractivity contribution in [1.29, 1.82) is 0 Å². The normalized spacial score (nSPS) is 20.4. The zero-order valence-electron chi connectivity index (χ0n) is 10.7. The summed E-state index contributed by atoms with van der Waals surface area (Å²) >= 11 is 0. The highest BCUT2D eigenvalue weighted by Gasteiger charge is 2.12. The second-order valence-corrected chi connectivity index (χ2v) is 4.85. The van der Waals surface area contributed by atoms with Gasteiger partial charge >= 0.3 is 0 Å². The van der Waals surface area contributed by atoms with Gasteiger partial charge in [-0.3, -0.25) is 0 Å². The van der Waals surface area contributed by atoms with Gasteiger partial charge in [0.1, 0.15) is 11.9 Å². The van der Waals surface area contributed by atoms with Crippen LogP contribution in [0.1, 0.15) is 25.3 Å². The molecule has 0 bridgehead atoms. The molecule has 0 radical (unpaired) electrons. The van der Waals surface area contributed by atoms with Crippen LogP contribution in [0.15, 0.2) is 36.6 Å². The van der Waals surface area contributed by atoms with Crippen LogP contribution >= 0.6 is 0 Å². The van der Waals surface area contributed by atoms with Gasteiger partial charge in [0.05, 0.1) is 6.26 Å². The first-order valence-electron chi connectivity index (χ1n) is 6.52. The molecule has 0 saturated heterocycles. The summed E-state index contributed by atoms with van der Waals surface area (Å²) in [7, 11) is 0. The molecule has 2 atom stereocenters. The molecule has 0 spiro atoms. The molecule has 0 amide bonds. The van der Waals surface area contributed by atoms with E-state index in [1.54, 1.807) is 6.26 Å². The number of halogens is 1. The number of rotatable bonds is 5. The van der Waals surface area contributed by atoms with E-state index >= 15 is 0 Å². The predicted octanol–water partition coefficient (Wildman–Crippen LogP) is 3.04. The number of nitrogens with one attached hydrogen (secondary N) is 1. The minimum atomic E-state index is -0.179. The molecule has 3 heteroatoms. The zero-order valence-corrected chi connectivity index (χ0v) is 10.7. The molecule has 1 heterocycles. The Kier molecular flexibility index (Phi) is 4.76. The van der Waals surface area contributed by atoms with Crippen molar-refractivity contribution in [2.45, 2.75) is 38.3 Å². The summed E-state index contributed by atoms with van der Waals surface area (Å²) in [5.41, 5.74) is 1.15. The van der Waals surface area contributed by atoms with Gasteiger partial charge in [-0.25, -0.2) is 4.39 Å².